The lowest BCUT2D eigenvalue weighted by Gasteiger charge is -2.09. The van der Waals surface area contributed by atoms with Crippen molar-refractivity contribution in [1.82, 2.24) is 0 Å². The molecule has 7 heavy (non-hydrogen) atoms. The molecule has 2 heteroatoms. The molecule has 0 aromatic heterocycles. The van der Waals surface area contributed by atoms with E-state index in [4.69, 9.17) is 0 Å². The standard InChI is InChI=1S/C5H10OS/c1-5(2,6)4-7-3/h3-4H2,1-2H3. The molecule has 0 aromatic rings. The highest BCUT2D eigenvalue weighted by molar-refractivity contribution is 8.00. The fourth-order valence-corrected chi connectivity index (χ4v) is 0.737. The van der Waals surface area contributed by atoms with E-state index in [9.17, 15) is 5.11 Å². The first-order valence-corrected chi connectivity index (χ1v) is 3.29. The number of hydrogen-bond donors (Lipinski definition) is 0. The van der Waals surface area contributed by atoms with Crippen LogP contribution in [0.2, 0.25) is 0 Å². The van der Waals surface area contributed by atoms with E-state index >= 15 is 0 Å². The number of rotatable bonds is 2. The van der Waals surface area contributed by atoms with E-state index in [0.29, 0.717) is 5.75 Å². The average molecular weight is 118 g/mol. The van der Waals surface area contributed by atoms with Crippen molar-refractivity contribution in [1.29, 1.82) is 0 Å². The Balaban J connectivity index is 3.15. The van der Waals surface area contributed by atoms with E-state index in [-0.39, 0.29) is 0 Å². The summed E-state index contributed by atoms with van der Waals surface area (Å²) in [5, 5.41) is 10.6. The molecule has 0 spiro atoms. The Bertz CT molecular complexity index is 46.5. The number of hydrogen-bond acceptors (Lipinski definition) is 1. The summed E-state index contributed by atoms with van der Waals surface area (Å²) in [4.78, 5) is 0. The van der Waals surface area contributed by atoms with Crippen LogP contribution in [0, 0.1) is 6.26 Å². The van der Waals surface area contributed by atoms with Gasteiger partial charge in [-0.2, -0.15) is 11.8 Å². The van der Waals surface area contributed by atoms with Gasteiger partial charge in [0.1, 0.15) is 5.60 Å². The molecule has 0 unspecified atom stereocenters. The summed E-state index contributed by atoms with van der Waals surface area (Å²) < 4.78 is 0. The van der Waals surface area contributed by atoms with Gasteiger partial charge in [-0.1, -0.05) is 0 Å². The van der Waals surface area contributed by atoms with E-state index in [1.807, 2.05) is 0 Å². The normalized spacial score (nSPS) is 12.0. The average Bonchev–Trinajstić information content (AvgIpc) is 1.30. The van der Waals surface area contributed by atoms with E-state index in [1.54, 1.807) is 13.8 Å². The van der Waals surface area contributed by atoms with E-state index in [1.165, 1.54) is 11.8 Å². The zero-order valence-corrected chi connectivity index (χ0v) is 5.55. The maximum atomic E-state index is 10.6. The van der Waals surface area contributed by atoms with Gasteiger partial charge in [0.05, 0.1) is 0 Å². The lowest BCUT2D eigenvalue weighted by molar-refractivity contribution is 0.0265. The quantitative estimate of drug-likeness (QED) is 0.540. The largest absolute Gasteiger partial charge is 0.229 e. The second-order valence-corrected chi connectivity index (χ2v) is 2.81. The Morgan fingerprint density at radius 2 is 2.14 bits per heavy atom. The molecule has 0 aliphatic heterocycles. The molecule has 0 heterocycles. The molecule has 1 nitrogen and oxygen atoms in total. The molecule has 0 rings (SSSR count). The van der Waals surface area contributed by atoms with E-state index in [2.05, 4.69) is 6.26 Å². The van der Waals surface area contributed by atoms with Gasteiger partial charge in [0.15, 0.2) is 0 Å². The van der Waals surface area contributed by atoms with Gasteiger partial charge < -0.3 is 0 Å². The Morgan fingerprint density at radius 3 is 2.14 bits per heavy atom. The fraction of sp³-hybridized carbons (Fsp3) is 0.800. The Hall–Kier alpha value is 0.310. The van der Waals surface area contributed by atoms with Crippen LogP contribution in [0.15, 0.2) is 0 Å². The van der Waals surface area contributed by atoms with Gasteiger partial charge in [0, 0.05) is 12.0 Å². The van der Waals surface area contributed by atoms with Gasteiger partial charge in [0.25, 0.3) is 0 Å². The van der Waals surface area contributed by atoms with Gasteiger partial charge in [-0.3, -0.25) is 0 Å². The molecule has 0 saturated carbocycles. The molecule has 0 amide bonds. The second kappa shape index (κ2) is 2.58. The van der Waals surface area contributed by atoms with Gasteiger partial charge in [0.2, 0.25) is 0 Å². The van der Waals surface area contributed by atoms with Crippen molar-refractivity contribution in [2.24, 2.45) is 0 Å². The van der Waals surface area contributed by atoms with E-state index < -0.39 is 5.60 Å². The molecule has 42 valence electrons. The molecule has 2 radical (unpaired) electrons. The van der Waals surface area contributed by atoms with Crippen LogP contribution in [0.25, 0.3) is 0 Å². The Morgan fingerprint density at radius 1 is 1.71 bits per heavy atom. The van der Waals surface area contributed by atoms with Crippen LogP contribution in [0.3, 0.4) is 0 Å². The van der Waals surface area contributed by atoms with Crippen molar-refractivity contribution in [3.8, 4) is 0 Å². The second-order valence-electron chi connectivity index (χ2n) is 2.11. The zero-order chi connectivity index (χ0) is 5.91. The van der Waals surface area contributed by atoms with Crippen molar-refractivity contribution in [2.45, 2.75) is 19.4 Å². The SMILES string of the molecule is [CH2]SCC(C)(C)[O]. The van der Waals surface area contributed by atoms with Crippen LogP contribution in [0.4, 0.5) is 0 Å². The summed E-state index contributed by atoms with van der Waals surface area (Å²) in [7, 11) is 0. The number of thioether (sulfide) groups is 1. The lowest BCUT2D eigenvalue weighted by Crippen LogP contribution is -2.18. The summed E-state index contributed by atoms with van der Waals surface area (Å²) in [5.74, 6) is 0.590. The first-order valence-electron chi connectivity index (χ1n) is 2.14. The van der Waals surface area contributed by atoms with Gasteiger partial charge in [-0.15, -0.1) is 0 Å². The highest BCUT2D eigenvalue weighted by atomic mass is 32.2. The van der Waals surface area contributed by atoms with Crippen molar-refractivity contribution < 1.29 is 5.11 Å². The van der Waals surface area contributed by atoms with Gasteiger partial charge in [-0.25, -0.2) is 5.11 Å². The third-order valence-corrected chi connectivity index (χ3v) is 1.35. The third kappa shape index (κ3) is 6.31. The summed E-state index contributed by atoms with van der Waals surface area (Å²) in [6.07, 6.45) is 3.49. The monoisotopic (exact) mass is 118 g/mol. The minimum atomic E-state index is -0.799. The van der Waals surface area contributed by atoms with Crippen molar-refractivity contribution in [3.63, 3.8) is 0 Å². The Labute approximate surface area is 49.1 Å². The topological polar surface area (TPSA) is 19.9 Å². The molecule has 0 fully saturated rings. The molecule has 0 saturated heterocycles. The minimum absolute atomic E-state index is 0.590. The van der Waals surface area contributed by atoms with Crippen LogP contribution in [0.5, 0.6) is 0 Å². The summed E-state index contributed by atoms with van der Waals surface area (Å²) in [6.45, 7) is 3.32. The van der Waals surface area contributed by atoms with Crippen molar-refractivity contribution in [3.05, 3.63) is 6.26 Å². The minimum Gasteiger partial charge on any atom is -0.229 e. The van der Waals surface area contributed by atoms with Crippen molar-refractivity contribution in [2.75, 3.05) is 5.75 Å². The van der Waals surface area contributed by atoms with Crippen LogP contribution in [-0.4, -0.2) is 11.4 Å². The summed E-state index contributed by atoms with van der Waals surface area (Å²) in [6, 6.07) is 0. The first-order chi connectivity index (χ1) is 3.06. The van der Waals surface area contributed by atoms with Crippen molar-refractivity contribution >= 4 is 11.8 Å². The molecule has 0 aliphatic rings. The van der Waals surface area contributed by atoms with Gasteiger partial charge >= 0.3 is 0 Å². The fourth-order valence-electron chi connectivity index (χ4n) is 0.246. The zero-order valence-electron chi connectivity index (χ0n) is 4.73. The highest BCUT2D eigenvalue weighted by Crippen LogP contribution is 2.09. The maximum absolute atomic E-state index is 10.6. The molecule has 0 N–H and O–H groups in total. The first kappa shape index (κ1) is 7.31. The smallest absolute Gasteiger partial charge is 0.107 e. The highest BCUT2D eigenvalue weighted by Gasteiger charge is 2.12. The Kier molecular flexibility index (Phi) is 2.69. The van der Waals surface area contributed by atoms with Crippen LogP contribution in [0.1, 0.15) is 13.8 Å². The van der Waals surface area contributed by atoms with Crippen LogP contribution in [-0.2, 0) is 5.11 Å². The third-order valence-electron chi connectivity index (χ3n) is 0.450. The van der Waals surface area contributed by atoms with Crippen LogP contribution >= 0.6 is 11.8 Å². The molecule has 0 bridgehead atoms. The molecular formula is C5H10OS. The summed E-state index contributed by atoms with van der Waals surface area (Å²) in [5.41, 5.74) is -0.799. The molecule has 0 aliphatic carbocycles. The lowest BCUT2D eigenvalue weighted by atomic mass is 10.2. The van der Waals surface area contributed by atoms with E-state index in [0.717, 1.165) is 0 Å². The molecule has 0 aromatic carbocycles. The molecular weight excluding hydrogens is 108 g/mol. The molecule has 0 atom stereocenters. The maximum Gasteiger partial charge on any atom is 0.107 e. The van der Waals surface area contributed by atoms with Crippen LogP contribution < -0.4 is 0 Å². The van der Waals surface area contributed by atoms with Gasteiger partial charge in [-0.05, 0) is 13.8 Å². The predicted molar refractivity (Wildman–Crippen MR) is 32.6 cm³/mol. The predicted octanol–water partition coefficient (Wildman–Crippen LogP) is 1.72. The summed E-state index contributed by atoms with van der Waals surface area (Å²) >= 11 is 1.35.